The molecule has 1 aliphatic carbocycles. The molecule has 0 radical (unpaired) electrons. The molecular formula is C29H29N3O3. The quantitative estimate of drug-likeness (QED) is 0.551. The largest absolute Gasteiger partial charge is 0.398 e. The van der Waals surface area contributed by atoms with Crippen molar-refractivity contribution < 1.29 is 14.4 Å². The maximum absolute atomic E-state index is 13.7. The Bertz CT molecular complexity index is 1330. The van der Waals surface area contributed by atoms with Gasteiger partial charge in [-0.05, 0) is 67.0 Å². The second-order valence-electron chi connectivity index (χ2n) is 9.49. The molecule has 6 heteroatoms. The van der Waals surface area contributed by atoms with Gasteiger partial charge in [0.2, 0.25) is 11.8 Å². The molecule has 0 spiro atoms. The number of imide groups is 1. The van der Waals surface area contributed by atoms with E-state index in [0.29, 0.717) is 23.4 Å². The molecule has 5 rings (SSSR count). The van der Waals surface area contributed by atoms with E-state index in [1.165, 1.54) is 16.0 Å². The molecule has 3 amide bonds. The highest BCUT2D eigenvalue weighted by atomic mass is 16.2. The third-order valence-corrected chi connectivity index (χ3v) is 7.26. The highest BCUT2D eigenvalue weighted by Gasteiger charge is 2.38. The van der Waals surface area contributed by atoms with Gasteiger partial charge in [-0.1, -0.05) is 54.6 Å². The Balaban J connectivity index is 1.40. The first-order valence-corrected chi connectivity index (χ1v) is 12.1. The number of nitrogens with one attached hydrogen (secondary N) is 1. The molecule has 3 aromatic carbocycles. The molecule has 35 heavy (non-hydrogen) atoms. The van der Waals surface area contributed by atoms with Gasteiger partial charge in [-0.2, -0.15) is 0 Å². The number of nitrogen functional groups attached to an aromatic ring is 1. The van der Waals surface area contributed by atoms with Crippen LogP contribution in [-0.4, -0.2) is 23.8 Å². The summed E-state index contributed by atoms with van der Waals surface area (Å²) in [7, 11) is 0. The van der Waals surface area contributed by atoms with Gasteiger partial charge in [0.15, 0.2) is 0 Å². The zero-order valence-corrected chi connectivity index (χ0v) is 20.0. The summed E-state index contributed by atoms with van der Waals surface area (Å²) in [6.45, 7) is 3.43. The minimum Gasteiger partial charge on any atom is -0.398 e. The molecule has 2 aliphatic rings. The van der Waals surface area contributed by atoms with Gasteiger partial charge in [0.25, 0.3) is 5.91 Å². The molecule has 0 saturated carbocycles. The number of amides is 3. The number of fused-ring (bicyclic) bond motifs is 4. The summed E-state index contributed by atoms with van der Waals surface area (Å²) in [6, 6.07) is 20.2. The normalized spacial score (nSPS) is 19.3. The first-order valence-electron chi connectivity index (χ1n) is 12.1. The summed E-state index contributed by atoms with van der Waals surface area (Å²) in [5.41, 5.74) is 12.1. The third-order valence-electron chi connectivity index (χ3n) is 7.26. The molecule has 0 aromatic heterocycles. The summed E-state index contributed by atoms with van der Waals surface area (Å²) < 4.78 is 0. The summed E-state index contributed by atoms with van der Waals surface area (Å²) in [6.07, 6.45) is 2.19. The van der Waals surface area contributed by atoms with Gasteiger partial charge in [0.05, 0.1) is 11.6 Å². The van der Waals surface area contributed by atoms with Crippen molar-refractivity contribution in [2.24, 2.45) is 0 Å². The second-order valence-corrected chi connectivity index (χ2v) is 9.49. The van der Waals surface area contributed by atoms with Crippen LogP contribution >= 0.6 is 0 Å². The van der Waals surface area contributed by atoms with E-state index in [9.17, 15) is 14.4 Å². The lowest BCUT2D eigenvalue weighted by molar-refractivity contribution is -0.131. The van der Waals surface area contributed by atoms with Crippen molar-refractivity contribution >= 4 is 29.1 Å². The van der Waals surface area contributed by atoms with E-state index in [0.717, 1.165) is 24.0 Å². The number of carbonyl (C=O) groups is 3. The second kappa shape index (κ2) is 9.02. The van der Waals surface area contributed by atoms with Gasteiger partial charge in [-0.15, -0.1) is 0 Å². The minimum absolute atomic E-state index is 0.142. The van der Waals surface area contributed by atoms with Crippen LogP contribution in [0, 0.1) is 0 Å². The van der Waals surface area contributed by atoms with Crippen molar-refractivity contribution in [1.29, 1.82) is 0 Å². The maximum Gasteiger partial charge on any atom is 0.256 e. The van der Waals surface area contributed by atoms with Crippen LogP contribution in [-0.2, 0) is 20.8 Å². The van der Waals surface area contributed by atoms with Crippen LogP contribution in [0.2, 0.25) is 0 Å². The van der Waals surface area contributed by atoms with Gasteiger partial charge in [-0.3, -0.25) is 14.4 Å². The van der Waals surface area contributed by atoms with Crippen LogP contribution in [0.4, 0.5) is 11.4 Å². The molecule has 3 N–H and O–H groups in total. The zero-order valence-electron chi connectivity index (χ0n) is 20.0. The van der Waals surface area contributed by atoms with Crippen molar-refractivity contribution in [3.8, 4) is 11.1 Å². The number of hydrogen-bond donors (Lipinski definition) is 2. The maximum atomic E-state index is 13.7. The lowest BCUT2D eigenvalue weighted by atomic mass is 9.92. The monoisotopic (exact) mass is 467 g/mol. The van der Waals surface area contributed by atoms with Crippen molar-refractivity contribution in [3.63, 3.8) is 0 Å². The molecular weight excluding hydrogens is 438 g/mol. The standard InChI is InChI=1S/C29H29N3O3/c1-17-21-9-5-6-11-23(21)27-24(30)12-7-13-25(27)32(28(17)34)29(35)18(2)31-26(33)16-20-15-14-19-8-3-4-10-22(19)20/h3-13,17-18,20H,14-16,30H2,1-2H3,(H,31,33)/t17?,18-,20?/m0/s1. The third kappa shape index (κ3) is 3.99. The lowest BCUT2D eigenvalue weighted by Gasteiger charge is -2.27. The van der Waals surface area contributed by atoms with Crippen molar-refractivity contribution in [1.82, 2.24) is 5.32 Å². The number of benzene rings is 3. The topological polar surface area (TPSA) is 92.5 Å². The smallest absolute Gasteiger partial charge is 0.256 e. The average molecular weight is 468 g/mol. The number of rotatable bonds is 4. The predicted molar refractivity (Wildman–Crippen MR) is 137 cm³/mol. The number of anilines is 2. The van der Waals surface area contributed by atoms with Crippen LogP contribution < -0.4 is 16.0 Å². The summed E-state index contributed by atoms with van der Waals surface area (Å²) >= 11 is 0. The first-order chi connectivity index (χ1) is 16.9. The zero-order chi connectivity index (χ0) is 24.7. The van der Waals surface area contributed by atoms with Gasteiger partial charge in [0.1, 0.15) is 6.04 Å². The number of nitrogens with zero attached hydrogens (tertiary/aromatic N) is 1. The van der Waals surface area contributed by atoms with E-state index in [1.54, 1.807) is 32.0 Å². The molecule has 178 valence electrons. The van der Waals surface area contributed by atoms with E-state index >= 15 is 0 Å². The fourth-order valence-electron chi connectivity index (χ4n) is 5.45. The van der Waals surface area contributed by atoms with Gasteiger partial charge in [-0.25, -0.2) is 4.90 Å². The minimum atomic E-state index is -0.870. The van der Waals surface area contributed by atoms with Crippen molar-refractivity contribution in [2.45, 2.75) is 51.0 Å². The molecule has 0 fully saturated rings. The molecule has 0 saturated heterocycles. The van der Waals surface area contributed by atoms with E-state index in [1.807, 2.05) is 36.4 Å². The van der Waals surface area contributed by atoms with E-state index in [4.69, 9.17) is 5.73 Å². The van der Waals surface area contributed by atoms with E-state index in [2.05, 4.69) is 17.4 Å². The molecule has 0 bridgehead atoms. The lowest BCUT2D eigenvalue weighted by Crippen LogP contribution is -2.50. The van der Waals surface area contributed by atoms with Crippen LogP contribution in [0.15, 0.2) is 66.7 Å². The van der Waals surface area contributed by atoms with Crippen LogP contribution in [0.25, 0.3) is 11.1 Å². The Kier molecular flexibility index (Phi) is 5.89. The van der Waals surface area contributed by atoms with Crippen molar-refractivity contribution in [2.75, 3.05) is 10.6 Å². The van der Waals surface area contributed by atoms with Crippen LogP contribution in [0.1, 0.15) is 55.2 Å². The highest BCUT2D eigenvalue weighted by molar-refractivity contribution is 6.22. The number of nitrogens with two attached hydrogens (primary N) is 1. The fourth-order valence-corrected chi connectivity index (χ4v) is 5.45. The summed E-state index contributed by atoms with van der Waals surface area (Å²) in [5, 5.41) is 2.84. The Hall–Kier alpha value is -3.93. The van der Waals surface area contributed by atoms with Gasteiger partial charge >= 0.3 is 0 Å². The predicted octanol–water partition coefficient (Wildman–Crippen LogP) is 4.54. The number of hydrogen-bond acceptors (Lipinski definition) is 4. The number of carbonyl (C=O) groups excluding carboxylic acids is 3. The summed E-state index contributed by atoms with van der Waals surface area (Å²) in [4.78, 5) is 41.3. The Labute approximate surface area is 205 Å². The van der Waals surface area contributed by atoms with Crippen LogP contribution in [0.3, 0.4) is 0 Å². The van der Waals surface area contributed by atoms with E-state index in [-0.39, 0.29) is 17.7 Å². The van der Waals surface area contributed by atoms with E-state index < -0.39 is 17.9 Å². The fraction of sp³-hybridized carbons (Fsp3) is 0.276. The molecule has 1 aliphatic heterocycles. The molecule has 1 heterocycles. The van der Waals surface area contributed by atoms with Gasteiger partial charge < -0.3 is 11.1 Å². The molecule has 6 nitrogen and oxygen atoms in total. The Morgan fingerprint density at radius 1 is 1.03 bits per heavy atom. The molecule has 3 atom stereocenters. The van der Waals surface area contributed by atoms with Crippen molar-refractivity contribution in [3.05, 3.63) is 83.4 Å². The Morgan fingerprint density at radius 3 is 2.54 bits per heavy atom. The Morgan fingerprint density at radius 2 is 1.74 bits per heavy atom. The molecule has 3 aromatic rings. The molecule has 2 unspecified atom stereocenters. The van der Waals surface area contributed by atoms with Crippen LogP contribution in [0.5, 0.6) is 0 Å². The first kappa shape index (κ1) is 22.8. The van der Waals surface area contributed by atoms with Gasteiger partial charge in [0, 0.05) is 17.7 Å². The average Bonchev–Trinajstić information content (AvgIpc) is 3.22. The highest BCUT2D eigenvalue weighted by Crippen LogP contribution is 2.44. The number of aryl methyl sites for hydroxylation is 1. The SMILES string of the molecule is CC1C(=O)N(C(=O)[C@H](C)NC(=O)CC2CCc3ccccc32)c2cccc(N)c2-c2ccccc21. The summed E-state index contributed by atoms with van der Waals surface area (Å²) in [5.74, 6) is -1.40.